The Morgan fingerprint density at radius 3 is 2.75 bits per heavy atom. The van der Waals surface area contributed by atoms with Crippen LogP contribution in [-0.4, -0.2) is 26.7 Å². The average molecular weight is 327 g/mol. The molecule has 0 aliphatic carbocycles. The fourth-order valence-corrected chi connectivity index (χ4v) is 2.78. The normalized spacial score (nSPS) is 15.8. The van der Waals surface area contributed by atoms with Crippen LogP contribution in [0.2, 0.25) is 0 Å². The van der Waals surface area contributed by atoms with Gasteiger partial charge < -0.3 is 19.5 Å². The van der Waals surface area contributed by atoms with Gasteiger partial charge >= 0.3 is 0 Å². The van der Waals surface area contributed by atoms with E-state index >= 15 is 0 Å². The van der Waals surface area contributed by atoms with Gasteiger partial charge in [0.25, 0.3) is 0 Å². The predicted octanol–water partition coefficient (Wildman–Crippen LogP) is 2.57. The molecule has 1 atom stereocenters. The highest BCUT2D eigenvalue weighted by molar-refractivity contribution is 5.79. The van der Waals surface area contributed by atoms with E-state index in [0.717, 1.165) is 28.4 Å². The van der Waals surface area contributed by atoms with Crippen molar-refractivity contribution < 1.29 is 19.0 Å². The highest BCUT2D eigenvalue weighted by atomic mass is 16.5. The highest BCUT2D eigenvalue weighted by Gasteiger charge is 2.26. The summed E-state index contributed by atoms with van der Waals surface area (Å²) in [6.07, 6.45) is 0.649. The SMILES string of the molecule is COc1cccc(CNC(=O)[C@@H]2COc3ccc(OC)cc3C2)c1. The van der Waals surface area contributed by atoms with Gasteiger partial charge in [0, 0.05) is 6.54 Å². The summed E-state index contributed by atoms with van der Waals surface area (Å²) in [5.41, 5.74) is 2.00. The number of carbonyl (C=O) groups is 1. The summed E-state index contributed by atoms with van der Waals surface area (Å²) in [6, 6.07) is 13.3. The molecule has 2 aromatic rings. The third-order valence-corrected chi connectivity index (χ3v) is 4.15. The van der Waals surface area contributed by atoms with Gasteiger partial charge in [-0.2, -0.15) is 0 Å². The number of amides is 1. The number of methoxy groups -OCH3 is 2. The Morgan fingerprint density at radius 1 is 1.17 bits per heavy atom. The van der Waals surface area contributed by atoms with E-state index in [0.29, 0.717) is 19.6 Å². The van der Waals surface area contributed by atoms with Crippen molar-refractivity contribution in [2.75, 3.05) is 20.8 Å². The second-order valence-corrected chi connectivity index (χ2v) is 5.76. The quantitative estimate of drug-likeness (QED) is 0.917. The lowest BCUT2D eigenvalue weighted by Crippen LogP contribution is -2.37. The Labute approximate surface area is 141 Å². The van der Waals surface area contributed by atoms with E-state index < -0.39 is 0 Å². The maximum atomic E-state index is 12.4. The lowest BCUT2D eigenvalue weighted by Gasteiger charge is -2.25. The fourth-order valence-electron chi connectivity index (χ4n) is 2.78. The van der Waals surface area contributed by atoms with E-state index in [2.05, 4.69) is 5.32 Å². The van der Waals surface area contributed by atoms with Crippen molar-refractivity contribution in [2.45, 2.75) is 13.0 Å². The van der Waals surface area contributed by atoms with Gasteiger partial charge in [-0.25, -0.2) is 0 Å². The summed E-state index contributed by atoms with van der Waals surface area (Å²) < 4.78 is 16.1. The van der Waals surface area contributed by atoms with Gasteiger partial charge in [0.15, 0.2) is 0 Å². The molecule has 0 radical (unpaired) electrons. The zero-order valence-corrected chi connectivity index (χ0v) is 13.9. The van der Waals surface area contributed by atoms with Gasteiger partial charge in [0.05, 0.1) is 20.1 Å². The Hall–Kier alpha value is -2.69. The standard InChI is InChI=1S/C19H21NO4/c1-22-16-5-3-4-13(8-16)11-20-19(21)15-9-14-10-17(23-2)6-7-18(14)24-12-15/h3-8,10,15H,9,11-12H2,1-2H3,(H,20,21)/t15-/m0/s1. The monoisotopic (exact) mass is 327 g/mol. The van der Waals surface area contributed by atoms with Gasteiger partial charge in [-0.05, 0) is 47.9 Å². The number of carbonyl (C=O) groups excluding carboxylic acids is 1. The maximum Gasteiger partial charge on any atom is 0.227 e. The molecule has 2 aromatic carbocycles. The lowest BCUT2D eigenvalue weighted by molar-refractivity contribution is -0.126. The Morgan fingerprint density at radius 2 is 1.96 bits per heavy atom. The van der Waals surface area contributed by atoms with E-state index in [9.17, 15) is 4.79 Å². The van der Waals surface area contributed by atoms with E-state index in [4.69, 9.17) is 14.2 Å². The first-order valence-electron chi connectivity index (χ1n) is 7.90. The molecule has 5 heteroatoms. The smallest absolute Gasteiger partial charge is 0.227 e. The fraction of sp³-hybridized carbons (Fsp3) is 0.316. The average Bonchev–Trinajstić information content (AvgIpc) is 2.65. The molecule has 0 saturated heterocycles. The van der Waals surface area contributed by atoms with Crippen LogP contribution in [0, 0.1) is 5.92 Å². The van der Waals surface area contributed by atoms with Crippen molar-refractivity contribution in [3.63, 3.8) is 0 Å². The van der Waals surface area contributed by atoms with Gasteiger partial charge in [-0.1, -0.05) is 12.1 Å². The van der Waals surface area contributed by atoms with Gasteiger partial charge in [-0.3, -0.25) is 4.79 Å². The molecule has 1 aliphatic heterocycles. The molecule has 1 heterocycles. The molecule has 0 aromatic heterocycles. The number of nitrogens with one attached hydrogen (secondary N) is 1. The summed E-state index contributed by atoms with van der Waals surface area (Å²) >= 11 is 0. The molecule has 126 valence electrons. The minimum atomic E-state index is -0.199. The third kappa shape index (κ3) is 3.62. The molecular formula is C19H21NO4. The summed E-state index contributed by atoms with van der Waals surface area (Å²) in [5.74, 6) is 2.17. The summed E-state index contributed by atoms with van der Waals surface area (Å²) in [7, 11) is 3.26. The molecule has 3 rings (SSSR count). The zero-order valence-electron chi connectivity index (χ0n) is 13.9. The number of hydrogen-bond donors (Lipinski definition) is 1. The predicted molar refractivity (Wildman–Crippen MR) is 90.5 cm³/mol. The molecule has 5 nitrogen and oxygen atoms in total. The van der Waals surface area contributed by atoms with E-state index in [1.54, 1.807) is 14.2 Å². The number of rotatable bonds is 5. The van der Waals surface area contributed by atoms with Gasteiger partial charge in [-0.15, -0.1) is 0 Å². The van der Waals surface area contributed by atoms with Crippen LogP contribution in [0.15, 0.2) is 42.5 Å². The molecule has 0 unspecified atom stereocenters. The molecule has 0 spiro atoms. The van der Waals surface area contributed by atoms with Crippen molar-refractivity contribution in [1.82, 2.24) is 5.32 Å². The third-order valence-electron chi connectivity index (χ3n) is 4.15. The van der Waals surface area contributed by atoms with Gasteiger partial charge in [0.2, 0.25) is 5.91 Å². The molecule has 24 heavy (non-hydrogen) atoms. The summed E-state index contributed by atoms with van der Waals surface area (Å²) in [5, 5.41) is 2.97. The van der Waals surface area contributed by atoms with Gasteiger partial charge in [0.1, 0.15) is 23.9 Å². The summed E-state index contributed by atoms with van der Waals surface area (Å²) in [4.78, 5) is 12.4. The molecule has 0 fully saturated rings. The first-order chi connectivity index (χ1) is 11.7. The van der Waals surface area contributed by atoms with Crippen LogP contribution in [0.4, 0.5) is 0 Å². The topological polar surface area (TPSA) is 56.8 Å². The van der Waals surface area contributed by atoms with Crippen molar-refractivity contribution in [3.05, 3.63) is 53.6 Å². The molecule has 1 amide bonds. The van der Waals surface area contributed by atoms with Crippen molar-refractivity contribution in [3.8, 4) is 17.2 Å². The molecule has 1 N–H and O–H groups in total. The first kappa shape index (κ1) is 16.2. The van der Waals surface area contributed by atoms with E-state index in [1.165, 1.54) is 0 Å². The van der Waals surface area contributed by atoms with Crippen LogP contribution in [0.5, 0.6) is 17.2 Å². The second kappa shape index (κ2) is 7.25. The molecule has 0 bridgehead atoms. The molecule has 1 aliphatic rings. The number of benzene rings is 2. The van der Waals surface area contributed by atoms with Crippen LogP contribution >= 0.6 is 0 Å². The number of ether oxygens (including phenoxy) is 3. The van der Waals surface area contributed by atoms with Crippen molar-refractivity contribution >= 4 is 5.91 Å². The summed E-state index contributed by atoms with van der Waals surface area (Å²) in [6.45, 7) is 0.862. The minimum absolute atomic E-state index is 0.00807. The van der Waals surface area contributed by atoms with Crippen LogP contribution in [0.1, 0.15) is 11.1 Å². The first-order valence-corrected chi connectivity index (χ1v) is 7.90. The van der Waals surface area contributed by atoms with E-state index in [1.807, 2.05) is 42.5 Å². The molecule has 0 saturated carbocycles. The highest BCUT2D eigenvalue weighted by Crippen LogP contribution is 2.30. The number of hydrogen-bond acceptors (Lipinski definition) is 4. The van der Waals surface area contributed by atoms with Crippen molar-refractivity contribution in [1.29, 1.82) is 0 Å². The minimum Gasteiger partial charge on any atom is -0.497 e. The Balaban J connectivity index is 1.61. The maximum absolute atomic E-state index is 12.4. The van der Waals surface area contributed by atoms with Crippen LogP contribution in [0.25, 0.3) is 0 Å². The van der Waals surface area contributed by atoms with Crippen molar-refractivity contribution in [2.24, 2.45) is 5.92 Å². The zero-order chi connectivity index (χ0) is 16.9. The molecular weight excluding hydrogens is 306 g/mol. The van der Waals surface area contributed by atoms with E-state index in [-0.39, 0.29) is 11.8 Å². The van der Waals surface area contributed by atoms with Crippen LogP contribution in [0.3, 0.4) is 0 Å². The Bertz CT molecular complexity index is 729. The number of fused-ring (bicyclic) bond motifs is 1. The lowest BCUT2D eigenvalue weighted by atomic mass is 9.95. The van der Waals surface area contributed by atoms with Crippen LogP contribution in [-0.2, 0) is 17.8 Å². The second-order valence-electron chi connectivity index (χ2n) is 5.76. The largest absolute Gasteiger partial charge is 0.497 e. The van der Waals surface area contributed by atoms with Crippen LogP contribution < -0.4 is 19.5 Å². The Kier molecular flexibility index (Phi) is 4.89.